The van der Waals surface area contributed by atoms with Crippen molar-refractivity contribution < 1.29 is 0 Å². The Labute approximate surface area is 91.3 Å². The zero-order valence-corrected chi connectivity index (χ0v) is 9.64. The number of fused-ring (bicyclic) bond motifs is 1. The Kier molecular flexibility index (Phi) is 2.76. The molecule has 1 saturated carbocycles. The van der Waals surface area contributed by atoms with Crippen molar-refractivity contribution in [3.05, 3.63) is 36.2 Å². The van der Waals surface area contributed by atoms with Gasteiger partial charge in [-0.15, -0.1) is 0 Å². The minimum atomic E-state index is 0.796. The van der Waals surface area contributed by atoms with Gasteiger partial charge in [-0.1, -0.05) is 25.5 Å². The summed E-state index contributed by atoms with van der Waals surface area (Å²) in [4.78, 5) is 0. The van der Waals surface area contributed by atoms with E-state index in [0.29, 0.717) is 0 Å². The normalized spacial score (nSPS) is 26.9. The standard InChI is InChI=1S/C11H12N2.C2H6/c1-8-5-10(6-9-7-11(8)9)13-4-2-3-12-13;1-2/h2-6,9,11H,7H2,1H3;1-2H3. The largest absolute Gasteiger partial charge is 0.241 e. The minimum absolute atomic E-state index is 0.796. The maximum Gasteiger partial charge on any atom is 0.0608 e. The van der Waals surface area contributed by atoms with E-state index in [2.05, 4.69) is 24.2 Å². The number of hydrogen-bond donors (Lipinski definition) is 0. The van der Waals surface area contributed by atoms with Crippen LogP contribution >= 0.6 is 0 Å². The highest BCUT2D eigenvalue weighted by molar-refractivity contribution is 5.61. The monoisotopic (exact) mass is 202 g/mol. The first-order valence-electron chi connectivity index (χ1n) is 5.74. The third-order valence-corrected chi connectivity index (χ3v) is 2.95. The van der Waals surface area contributed by atoms with Gasteiger partial charge in [-0.3, -0.25) is 0 Å². The molecule has 2 heteroatoms. The molecule has 2 nitrogen and oxygen atoms in total. The zero-order valence-electron chi connectivity index (χ0n) is 9.64. The van der Waals surface area contributed by atoms with Gasteiger partial charge in [0.15, 0.2) is 0 Å². The molecule has 80 valence electrons. The molecule has 15 heavy (non-hydrogen) atoms. The molecular formula is C13H18N2. The van der Waals surface area contributed by atoms with Gasteiger partial charge in [-0.2, -0.15) is 5.10 Å². The molecule has 0 N–H and O–H groups in total. The van der Waals surface area contributed by atoms with Crippen molar-refractivity contribution in [2.24, 2.45) is 11.8 Å². The van der Waals surface area contributed by atoms with Gasteiger partial charge >= 0.3 is 0 Å². The molecule has 0 saturated heterocycles. The van der Waals surface area contributed by atoms with Crippen LogP contribution in [0.4, 0.5) is 0 Å². The zero-order chi connectivity index (χ0) is 10.8. The summed E-state index contributed by atoms with van der Waals surface area (Å²) in [5.41, 5.74) is 2.75. The summed E-state index contributed by atoms with van der Waals surface area (Å²) in [5.74, 6) is 1.64. The molecule has 0 bridgehead atoms. The van der Waals surface area contributed by atoms with Crippen molar-refractivity contribution in [2.45, 2.75) is 27.2 Å². The summed E-state index contributed by atoms with van der Waals surface area (Å²) in [6.07, 6.45) is 9.75. The average Bonchev–Trinajstić information content (AvgIpc) is 2.86. The van der Waals surface area contributed by atoms with Crippen LogP contribution in [0.25, 0.3) is 5.70 Å². The molecule has 2 aliphatic carbocycles. The minimum Gasteiger partial charge on any atom is -0.241 e. The Bertz CT molecular complexity index is 385. The molecule has 1 aromatic rings. The summed E-state index contributed by atoms with van der Waals surface area (Å²) in [5, 5.41) is 4.23. The van der Waals surface area contributed by atoms with Crippen molar-refractivity contribution in [3.8, 4) is 0 Å². The second kappa shape index (κ2) is 4.05. The van der Waals surface area contributed by atoms with Crippen LogP contribution in [0.3, 0.4) is 0 Å². The van der Waals surface area contributed by atoms with Gasteiger partial charge in [0.2, 0.25) is 0 Å². The number of nitrogens with zero attached hydrogens (tertiary/aromatic N) is 2. The van der Waals surface area contributed by atoms with Gasteiger partial charge in [-0.05, 0) is 37.3 Å². The maximum absolute atomic E-state index is 4.23. The summed E-state index contributed by atoms with van der Waals surface area (Å²) >= 11 is 0. The van der Waals surface area contributed by atoms with E-state index in [-0.39, 0.29) is 0 Å². The Morgan fingerprint density at radius 2 is 2.20 bits per heavy atom. The average molecular weight is 202 g/mol. The van der Waals surface area contributed by atoms with E-state index in [9.17, 15) is 0 Å². The lowest BCUT2D eigenvalue weighted by atomic mass is 10.0. The van der Waals surface area contributed by atoms with Gasteiger partial charge in [0.25, 0.3) is 0 Å². The molecule has 2 aliphatic rings. The van der Waals surface area contributed by atoms with Crippen molar-refractivity contribution in [3.63, 3.8) is 0 Å². The van der Waals surface area contributed by atoms with Crippen LogP contribution in [0.5, 0.6) is 0 Å². The quantitative estimate of drug-likeness (QED) is 0.683. The smallest absolute Gasteiger partial charge is 0.0608 e. The van der Waals surface area contributed by atoms with Crippen LogP contribution in [-0.4, -0.2) is 9.78 Å². The highest BCUT2D eigenvalue weighted by atomic mass is 15.3. The van der Waals surface area contributed by atoms with Crippen molar-refractivity contribution in [1.82, 2.24) is 9.78 Å². The first-order chi connectivity index (χ1) is 7.34. The molecule has 2 atom stereocenters. The van der Waals surface area contributed by atoms with Crippen molar-refractivity contribution >= 4 is 5.70 Å². The highest BCUT2D eigenvalue weighted by Crippen LogP contribution is 2.49. The Morgan fingerprint density at radius 3 is 2.80 bits per heavy atom. The fraction of sp³-hybridized carbons (Fsp3) is 0.462. The molecule has 1 aromatic heterocycles. The SMILES string of the molecule is CC.CC1=CC(n2cccn2)=CC2CC12. The summed E-state index contributed by atoms with van der Waals surface area (Å²) in [7, 11) is 0. The molecule has 2 unspecified atom stereocenters. The lowest BCUT2D eigenvalue weighted by Crippen LogP contribution is -2.00. The molecule has 1 heterocycles. The number of hydrogen-bond acceptors (Lipinski definition) is 1. The lowest BCUT2D eigenvalue weighted by Gasteiger charge is -2.09. The maximum atomic E-state index is 4.23. The molecule has 0 aliphatic heterocycles. The van der Waals surface area contributed by atoms with E-state index in [1.807, 2.05) is 37.0 Å². The van der Waals surface area contributed by atoms with E-state index in [1.165, 1.54) is 17.7 Å². The lowest BCUT2D eigenvalue weighted by molar-refractivity contribution is 0.855. The summed E-state index contributed by atoms with van der Waals surface area (Å²) in [6.45, 7) is 6.22. The first kappa shape index (κ1) is 10.2. The predicted octanol–water partition coefficient (Wildman–Crippen LogP) is 3.35. The molecule has 0 radical (unpaired) electrons. The molecule has 0 aromatic carbocycles. The van der Waals surface area contributed by atoms with E-state index >= 15 is 0 Å². The first-order valence-corrected chi connectivity index (χ1v) is 5.74. The third kappa shape index (κ3) is 1.89. The van der Waals surface area contributed by atoms with Crippen LogP contribution in [0, 0.1) is 11.8 Å². The number of allylic oxidation sites excluding steroid dienone is 4. The number of aromatic nitrogens is 2. The fourth-order valence-corrected chi connectivity index (χ4v) is 2.09. The third-order valence-electron chi connectivity index (χ3n) is 2.95. The molecular weight excluding hydrogens is 184 g/mol. The van der Waals surface area contributed by atoms with E-state index < -0.39 is 0 Å². The van der Waals surface area contributed by atoms with Gasteiger partial charge in [0.05, 0.1) is 5.70 Å². The van der Waals surface area contributed by atoms with Crippen LogP contribution in [0.15, 0.2) is 36.2 Å². The van der Waals surface area contributed by atoms with E-state index in [1.54, 1.807) is 0 Å². The summed E-state index contributed by atoms with van der Waals surface area (Å²) < 4.78 is 1.94. The second-order valence-electron chi connectivity index (χ2n) is 3.94. The fourth-order valence-electron chi connectivity index (χ4n) is 2.09. The predicted molar refractivity (Wildman–Crippen MR) is 63.2 cm³/mol. The topological polar surface area (TPSA) is 17.8 Å². The molecule has 0 spiro atoms. The summed E-state index contributed by atoms with van der Waals surface area (Å²) in [6, 6.07) is 1.96. The second-order valence-corrected chi connectivity index (χ2v) is 3.94. The van der Waals surface area contributed by atoms with Gasteiger partial charge in [-0.25, -0.2) is 4.68 Å². The molecule has 1 fully saturated rings. The number of rotatable bonds is 1. The van der Waals surface area contributed by atoms with Crippen molar-refractivity contribution in [2.75, 3.05) is 0 Å². The van der Waals surface area contributed by atoms with Crippen LogP contribution in [0.1, 0.15) is 27.2 Å². The van der Waals surface area contributed by atoms with Gasteiger partial charge in [0.1, 0.15) is 0 Å². The van der Waals surface area contributed by atoms with E-state index in [0.717, 1.165) is 11.8 Å². The van der Waals surface area contributed by atoms with Gasteiger partial charge in [0, 0.05) is 12.4 Å². The van der Waals surface area contributed by atoms with Crippen molar-refractivity contribution in [1.29, 1.82) is 0 Å². The molecule has 3 rings (SSSR count). The molecule has 0 amide bonds. The van der Waals surface area contributed by atoms with Crippen LogP contribution in [0.2, 0.25) is 0 Å². The van der Waals surface area contributed by atoms with Crippen LogP contribution < -0.4 is 0 Å². The van der Waals surface area contributed by atoms with E-state index in [4.69, 9.17) is 0 Å². The Hall–Kier alpha value is -1.31. The highest BCUT2D eigenvalue weighted by Gasteiger charge is 2.39. The van der Waals surface area contributed by atoms with Gasteiger partial charge < -0.3 is 0 Å². The Morgan fingerprint density at radius 1 is 1.40 bits per heavy atom. The van der Waals surface area contributed by atoms with Crippen LogP contribution in [-0.2, 0) is 0 Å². The Balaban J connectivity index is 0.000000404.